The van der Waals surface area contributed by atoms with Crippen LogP contribution in [0.15, 0.2) is 24.5 Å². The van der Waals surface area contributed by atoms with Gasteiger partial charge in [0.25, 0.3) is 0 Å². The zero-order valence-corrected chi connectivity index (χ0v) is 10.2. The number of carbonyl (C=O) groups is 2. The number of aromatic nitrogens is 1. The van der Waals surface area contributed by atoms with Crippen LogP contribution in [0.4, 0.5) is 0 Å². The summed E-state index contributed by atoms with van der Waals surface area (Å²) in [6, 6.07) is 3.56. The highest BCUT2D eigenvalue weighted by atomic mass is 32.2. The molecule has 92 valence electrons. The monoisotopic (exact) mass is 254 g/mol. The largest absolute Gasteiger partial charge is 0.481 e. The number of nitrogens with zero attached hydrogens (tertiary/aromatic N) is 1. The number of aliphatic carboxylic acids is 1. The van der Waals surface area contributed by atoms with E-state index >= 15 is 0 Å². The van der Waals surface area contributed by atoms with Crippen molar-refractivity contribution in [3.05, 3.63) is 30.1 Å². The van der Waals surface area contributed by atoms with Crippen molar-refractivity contribution in [3.8, 4) is 0 Å². The van der Waals surface area contributed by atoms with E-state index in [0.717, 1.165) is 17.3 Å². The number of carboxylic acids is 1. The first-order valence-corrected chi connectivity index (χ1v) is 6.24. The maximum atomic E-state index is 11.5. The average molecular weight is 254 g/mol. The summed E-state index contributed by atoms with van der Waals surface area (Å²) in [5.41, 5.74) is 0.969. The van der Waals surface area contributed by atoms with E-state index in [1.807, 2.05) is 19.1 Å². The second-order valence-electron chi connectivity index (χ2n) is 3.46. The summed E-state index contributed by atoms with van der Waals surface area (Å²) in [4.78, 5) is 25.6. The Balaban J connectivity index is 2.34. The molecule has 1 amide bonds. The Morgan fingerprint density at radius 3 is 2.65 bits per heavy atom. The number of hydrogen-bond donors (Lipinski definition) is 2. The maximum Gasteiger partial charge on any atom is 0.313 e. The molecule has 1 aromatic rings. The van der Waals surface area contributed by atoms with Gasteiger partial charge in [0.05, 0.1) is 17.5 Å². The lowest BCUT2D eigenvalue weighted by atomic mass is 10.1. The summed E-state index contributed by atoms with van der Waals surface area (Å²) in [6.07, 6.45) is 3.33. The van der Waals surface area contributed by atoms with Gasteiger partial charge in [-0.25, -0.2) is 0 Å². The Hall–Kier alpha value is -1.56. The lowest BCUT2D eigenvalue weighted by Gasteiger charge is -2.13. The number of carboxylic acid groups (broad SMARTS) is 1. The number of carbonyl (C=O) groups excluding carboxylic acids is 1. The van der Waals surface area contributed by atoms with Crippen molar-refractivity contribution in [2.45, 2.75) is 13.0 Å². The van der Waals surface area contributed by atoms with Crippen LogP contribution >= 0.6 is 11.8 Å². The third-order valence-electron chi connectivity index (χ3n) is 2.04. The molecule has 0 spiro atoms. The van der Waals surface area contributed by atoms with Crippen LogP contribution < -0.4 is 5.32 Å². The number of hydrogen-bond acceptors (Lipinski definition) is 4. The summed E-state index contributed by atoms with van der Waals surface area (Å²) < 4.78 is 0. The molecule has 1 atom stereocenters. The van der Waals surface area contributed by atoms with Crippen LogP contribution in [0.5, 0.6) is 0 Å². The van der Waals surface area contributed by atoms with E-state index in [9.17, 15) is 9.59 Å². The predicted molar refractivity (Wildman–Crippen MR) is 65.8 cm³/mol. The van der Waals surface area contributed by atoms with Crippen LogP contribution in [-0.2, 0) is 9.59 Å². The molecule has 0 saturated carbocycles. The van der Waals surface area contributed by atoms with Gasteiger partial charge in [0.15, 0.2) is 0 Å². The minimum Gasteiger partial charge on any atom is -0.481 e. The van der Waals surface area contributed by atoms with Gasteiger partial charge in [-0.2, -0.15) is 0 Å². The predicted octanol–water partition coefficient (Wildman–Crippen LogP) is 1.08. The van der Waals surface area contributed by atoms with Gasteiger partial charge >= 0.3 is 5.97 Å². The summed E-state index contributed by atoms with van der Waals surface area (Å²) in [7, 11) is 0. The lowest BCUT2D eigenvalue weighted by molar-refractivity contribution is -0.133. The highest BCUT2D eigenvalue weighted by Crippen LogP contribution is 2.10. The molecule has 0 bridgehead atoms. The summed E-state index contributed by atoms with van der Waals surface area (Å²) in [5.74, 6) is -0.982. The molecular formula is C11H14N2O3S. The minimum absolute atomic E-state index is 0.0585. The van der Waals surface area contributed by atoms with E-state index in [1.54, 1.807) is 12.4 Å². The first kappa shape index (κ1) is 13.5. The van der Waals surface area contributed by atoms with Crippen molar-refractivity contribution in [3.63, 3.8) is 0 Å². The molecule has 6 heteroatoms. The zero-order valence-electron chi connectivity index (χ0n) is 9.42. The Morgan fingerprint density at radius 1 is 1.41 bits per heavy atom. The third-order valence-corrected chi connectivity index (χ3v) is 2.96. The average Bonchev–Trinajstić information content (AvgIpc) is 2.29. The summed E-state index contributed by atoms with van der Waals surface area (Å²) in [5, 5.41) is 11.2. The van der Waals surface area contributed by atoms with Gasteiger partial charge in [0.1, 0.15) is 0 Å². The first-order valence-electron chi connectivity index (χ1n) is 5.08. The van der Waals surface area contributed by atoms with Gasteiger partial charge in [0.2, 0.25) is 5.91 Å². The maximum absolute atomic E-state index is 11.5. The second kappa shape index (κ2) is 6.90. The molecule has 0 radical (unpaired) electrons. The smallest absolute Gasteiger partial charge is 0.313 e. The molecule has 0 aliphatic carbocycles. The standard InChI is InChI=1S/C11H14N2O3S/c1-8(9-2-4-12-5-3-9)13-10(14)6-17-7-11(15)16/h2-5,8H,6-7H2,1H3,(H,13,14)(H,15,16). The molecule has 0 aliphatic heterocycles. The number of pyridine rings is 1. The first-order chi connectivity index (χ1) is 8.09. The van der Waals surface area contributed by atoms with Crippen molar-refractivity contribution in [1.82, 2.24) is 10.3 Å². The summed E-state index contributed by atoms with van der Waals surface area (Å²) >= 11 is 1.08. The highest BCUT2D eigenvalue weighted by molar-refractivity contribution is 8.00. The van der Waals surface area contributed by atoms with Gasteiger partial charge < -0.3 is 10.4 Å². The van der Waals surface area contributed by atoms with Gasteiger partial charge in [-0.3, -0.25) is 14.6 Å². The zero-order chi connectivity index (χ0) is 12.7. The van der Waals surface area contributed by atoms with Crippen molar-refractivity contribution >= 4 is 23.6 Å². The number of thioether (sulfide) groups is 1. The van der Waals surface area contributed by atoms with E-state index in [2.05, 4.69) is 10.3 Å². The molecule has 0 aromatic carbocycles. The SMILES string of the molecule is CC(NC(=O)CSCC(=O)O)c1ccncc1. The Morgan fingerprint density at radius 2 is 2.06 bits per heavy atom. The van der Waals surface area contributed by atoms with Crippen LogP contribution in [0.25, 0.3) is 0 Å². The number of nitrogens with one attached hydrogen (secondary N) is 1. The van der Waals surface area contributed by atoms with Gasteiger partial charge in [0, 0.05) is 12.4 Å². The van der Waals surface area contributed by atoms with Crippen LogP contribution in [-0.4, -0.2) is 33.5 Å². The third kappa shape index (κ3) is 5.35. The van der Waals surface area contributed by atoms with Crippen LogP contribution in [0.1, 0.15) is 18.5 Å². The quantitative estimate of drug-likeness (QED) is 0.794. The van der Waals surface area contributed by atoms with E-state index < -0.39 is 5.97 Å². The van der Waals surface area contributed by atoms with Crippen molar-refractivity contribution in [2.75, 3.05) is 11.5 Å². The Labute approximate surface area is 104 Å². The van der Waals surface area contributed by atoms with E-state index in [0.29, 0.717) is 0 Å². The molecule has 0 saturated heterocycles. The molecular weight excluding hydrogens is 240 g/mol. The van der Waals surface area contributed by atoms with E-state index in [1.165, 1.54) is 0 Å². The molecule has 2 N–H and O–H groups in total. The highest BCUT2D eigenvalue weighted by Gasteiger charge is 2.09. The van der Waals surface area contributed by atoms with Crippen molar-refractivity contribution < 1.29 is 14.7 Å². The number of amides is 1. The molecule has 1 rings (SSSR count). The fourth-order valence-corrected chi connectivity index (χ4v) is 1.80. The molecule has 17 heavy (non-hydrogen) atoms. The molecule has 1 unspecified atom stereocenters. The second-order valence-corrected chi connectivity index (χ2v) is 4.44. The molecule has 0 aliphatic rings. The fraction of sp³-hybridized carbons (Fsp3) is 0.364. The Kier molecular flexibility index (Phi) is 5.48. The van der Waals surface area contributed by atoms with Crippen LogP contribution in [0.2, 0.25) is 0 Å². The molecule has 1 aromatic heterocycles. The molecule has 0 fully saturated rings. The van der Waals surface area contributed by atoms with Crippen LogP contribution in [0, 0.1) is 0 Å². The molecule has 1 heterocycles. The van der Waals surface area contributed by atoms with Crippen LogP contribution in [0.3, 0.4) is 0 Å². The molecule has 5 nitrogen and oxygen atoms in total. The normalized spacial score (nSPS) is 11.8. The van der Waals surface area contributed by atoms with Gasteiger partial charge in [-0.05, 0) is 24.6 Å². The fourth-order valence-electron chi connectivity index (χ4n) is 1.25. The van der Waals surface area contributed by atoms with E-state index in [-0.39, 0.29) is 23.5 Å². The van der Waals surface area contributed by atoms with E-state index in [4.69, 9.17) is 5.11 Å². The lowest BCUT2D eigenvalue weighted by Crippen LogP contribution is -2.28. The van der Waals surface area contributed by atoms with Gasteiger partial charge in [-0.15, -0.1) is 11.8 Å². The topological polar surface area (TPSA) is 79.3 Å². The van der Waals surface area contributed by atoms with Crippen molar-refractivity contribution in [2.24, 2.45) is 0 Å². The number of rotatable bonds is 6. The van der Waals surface area contributed by atoms with Gasteiger partial charge in [-0.1, -0.05) is 0 Å². The Bertz CT molecular complexity index is 384. The minimum atomic E-state index is -0.912. The summed E-state index contributed by atoms with van der Waals surface area (Å²) in [6.45, 7) is 1.87. The van der Waals surface area contributed by atoms with Crippen molar-refractivity contribution in [1.29, 1.82) is 0 Å².